The molecular weight excluding hydrogens is 446 g/mol. The van der Waals surface area contributed by atoms with Gasteiger partial charge in [-0.3, -0.25) is 4.79 Å². The molecule has 0 unspecified atom stereocenters. The van der Waals surface area contributed by atoms with Crippen LogP contribution in [-0.4, -0.2) is 27.4 Å². The summed E-state index contributed by atoms with van der Waals surface area (Å²) < 4.78 is 1.09. The number of amides is 1. The molecule has 150 valence electrons. The van der Waals surface area contributed by atoms with Crippen LogP contribution in [0.5, 0.6) is 0 Å². The fourth-order valence-corrected chi connectivity index (χ4v) is 3.68. The number of nitrogens with one attached hydrogen (secondary N) is 2. The Morgan fingerprint density at radius 1 is 1.17 bits per heavy atom. The van der Waals surface area contributed by atoms with Crippen molar-refractivity contribution in [3.05, 3.63) is 64.4 Å². The molecule has 3 aromatic rings. The van der Waals surface area contributed by atoms with E-state index in [0.717, 1.165) is 29.7 Å². The molecule has 1 aliphatic rings. The molecule has 0 atom stereocenters. The Balaban J connectivity index is 1.47. The molecule has 1 aromatic heterocycles. The van der Waals surface area contributed by atoms with Gasteiger partial charge in [0.25, 0.3) is 0 Å². The Labute approximate surface area is 182 Å². The predicted octanol–water partition coefficient (Wildman–Crippen LogP) is 3.79. The molecule has 2 aromatic carbocycles. The highest BCUT2D eigenvalue weighted by Gasteiger charge is 2.19. The van der Waals surface area contributed by atoms with E-state index in [4.69, 9.17) is 5.26 Å². The van der Waals surface area contributed by atoms with E-state index in [1.54, 1.807) is 18.2 Å². The van der Waals surface area contributed by atoms with E-state index < -0.39 is 0 Å². The molecule has 8 nitrogen and oxygen atoms in total. The fourth-order valence-electron chi connectivity index (χ4n) is 3.27. The lowest BCUT2D eigenvalue weighted by Gasteiger charge is -2.29. The van der Waals surface area contributed by atoms with Crippen LogP contribution in [0.4, 0.5) is 23.3 Å². The van der Waals surface area contributed by atoms with Gasteiger partial charge in [-0.1, -0.05) is 28.1 Å². The van der Waals surface area contributed by atoms with Gasteiger partial charge >= 0.3 is 0 Å². The number of nitrogens with zero attached hydrogens (tertiary/aromatic N) is 5. The van der Waals surface area contributed by atoms with Gasteiger partial charge in [-0.05, 0) is 47.9 Å². The molecule has 0 bridgehead atoms. The van der Waals surface area contributed by atoms with E-state index in [2.05, 4.69) is 58.5 Å². The molecule has 0 radical (unpaired) electrons. The minimum atomic E-state index is -0.352. The minimum Gasteiger partial charge on any atom is -0.336 e. The van der Waals surface area contributed by atoms with Crippen LogP contribution in [0, 0.1) is 11.3 Å². The van der Waals surface area contributed by atoms with Crippen molar-refractivity contribution in [2.45, 2.75) is 19.4 Å². The van der Waals surface area contributed by atoms with Crippen molar-refractivity contribution in [3.63, 3.8) is 0 Å². The summed E-state index contributed by atoms with van der Waals surface area (Å²) in [7, 11) is 0. The van der Waals surface area contributed by atoms with Crippen molar-refractivity contribution < 1.29 is 4.79 Å². The molecule has 4 rings (SSSR count). The molecule has 9 heteroatoms. The Hall–Kier alpha value is -3.51. The van der Waals surface area contributed by atoms with E-state index in [1.807, 2.05) is 18.2 Å². The van der Waals surface area contributed by atoms with E-state index in [0.29, 0.717) is 17.6 Å². The lowest BCUT2D eigenvalue weighted by atomic mass is 10.0. The maximum absolute atomic E-state index is 11.6. The van der Waals surface area contributed by atoms with Gasteiger partial charge in [-0.25, -0.2) is 9.97 Å². The average Bonchev–Trinajstić information content (AvgIpc) is 2.74. The van der Waals surface area contributed by atoms with E-state index in [-0.39, 0.29) is 12.3 Å². The number of hydrogen-bond donors (Lipinski definition) is 2. The van der Waals surface area contributed by atoms with Crippen LogP contribution < -0.4 is 15.5 Å². The van der Waals surface area contributed by atoms with E-state index in [9.17, 15) is 4.79 Å². The number of halogens is 1. The smallest absolute Gasteiger partial charge is 0.238 e. The molecule has 30 heavy (non-hydrogen) atoms. The molecule has 0 saturated carbocycles. The maximum Gasteiger partial charge on any atom is 0.238 e. The number of hydrogen-bond acceptors (Lipinski definition) is 7. The molecule has 1 aliphatic heterocycles. The van der Waals surface area contributed by atoms with Crippen molar-refractivity contribution in [1.82, 2.24) is 15.0 Å². The van der Waals surface area contributed by atoms with Gasteiger partial charge in [-0.15, -0.1) is 0 Å². The first-order valence-corrected chi connectivity index (χ1v) is 10.2. The molecule has 0 aliphatic carbocycles. The lowest BCUT2D eigenvalue weighted by molar-refractivity contribution is -0.115. The minimum absolute atomic E-state index is 0.190. The molecule has 1 amide bonds. The van der Waals surface area contributed by atoms with Crippen molar-refractivity contribution in [2.75, 3.05) is 22.1 Å². The predicted molar refractivity (Wildman–Crippen MR) is 117 cm³/mol. The third-order valence-electron chi connectivity index (χ3n) is 4.66. The number of rotatable bonds is 5. The van der Waals surface area contributed by atoms with Gasteiger partial charge < -0.3 is 15.5 Å². The summed E-state index contributed by atoms with van der Waals surface area (Å²) in [4.78, 5) is 26.8. The average molecular weight is 464 g/mol. The molecular formula is C21H18BrN7O. The zero-order valence-corrected chi connectivity index (χ0v) is 17.6. The van der Waals surface area contributed by atoms with Crippen molar-refractivity contribution in [3.8, 4) is 6.07 Å². The number of benzene rings is 2. The van der Waals surface area contributed by atoms with E-state index in [1.165, 1.54) is 17.5 Å². The summed E-state index contributed by atoms with van der Waals surface area (Å²) in [6.45, 7) is 1.57. The summed E-state index contributed by atoms with van der Waals surface area (Å²) in [6, 6.07) is 15.3. The number of fused-ring (bicyclic) bond motifs is 1. The summed E-state index contributed by atoms with van der Waals surface area (Å²) in [5.74, 6) is 0.677. The van der Waals surface area contributed by atoms with E-state index >= 15 is 0 Å². The molecule has 0 fully saturated rings. The lowest BCUT2D eigenvalue weighted by Crippen LogP contribution is -2.32. The third-order valence-corrected chi connectivity index (χ3v) is 5.16. The number of nitriles is 1. The molecule has 2 heterocycles. The Morgan fingerprint density at radius 2 is 2.03 bits per heavy atom. The first-order chi connectivity index (χ1) is 14.6. The first-order valence-electron chi connectivity index (χ1n) is 9.36. The number of carbonyl (C=O) groups is 1. The highest BCUT2D eigenvalue weighted by atomic mass is 79.9. The van der Waals surface area contributed by atoms with Gasteiger partial charge in [0.15, 0.2) is 0 Å². The fraction of sp³-hybridized carbons (Fsp3) is 0.190. The van der Waals surface area contributed by atoms with Crippen molar-refractivity contribution in [2.24, 2.45) is 0 Å². The second-order valence-corrected chi connectivity index (χ2v) is 7.70. The highest BCUT2D eigenvalue weighted by molar-refractivity contribution is 9.10. The molecule has 2 N–H and O–H groups in total. The van der Waals surface area contributed by atoms with Gasteiger partial charge in [0.2, 0.25) is 17.8 Å². The number of carbonyl (C=O) groups excluding carboxylic acids is 1. The molecule has 0 saturated heterocycles. The molecule has 0 spiro atoms. The highest BCUT2D eigenvalue weighted by Crippen LogP contribution is 2.25. The van der Waals surface area contributed by atoms with Crippen molar-refractivity contribution in [1.29, 1.82) is 5.26 Å². The summed E-state index contributed by atoms with van der Waals surface area (Å²) in [6.07, 6.45) is 2.22. The SMILES string of the molecule is N#CCC(=O)Nc1cccc(Nc2ncnc(N3CCc4cc(Br)ccc4C3)n2)c1. The normalized spacial score (nSPS) is 12.6. The summed E-state index contributed by atoms with van der Waals surface area (Å²) in [5.41, 5.74) is 3.91. The zero-order chi connectivity index (χ0) is 20.9. The Bertz CT molecular complexity index is 1130. The van der Waals surface area contributed by atoms with Crippen LogP contribution in [-0.2, 0) is 17.8 Å². The number of aromatic nitrogens is 3. The first kappa shape index (κ1) is 19.8. The van der Waals surface area contributed by atoms with Gasteiger partial charge in [0.05, 0.1) is 6.07 Å². The second kappa shape index (κ2) is 8.88. The maximum atomic E-state index is 11.6. The Morgan fingerprint density at radius 3 is 2.90 bits per heavy atom. The van der Waals surface area contributed by atoms with Crippen LogP contribution in [0.1, 0.15) is 17.5 Å². The second-order valence-electron chi connectivity index (χ2n) is 6.78. The van der Waals surface area contributed by atoms with Gasteiger partial charge in [0, 0.05) is 28.9 Å². The summed E-state index contributed by atoms with van der Waals surface area (Å²) in [5, 5.41) is 14.4. The Kier molecular flexibility index (Phi) is 5.86. The van der Waals surface area contributed by atoms with Crippen LogP contribution in [0.2, 0.25) is 0 Å². The quantitative estimate of drug-likeness (QED) is 0.592. The standard InChI is InChI=1S/C21H18BrN7O/c22-16-5-4-15-12-29(9-7-14(15)10-16)21-25-13-24-20(28-21)27-18-3-1-2-17(11-18)26-19(30)6-8-23/h1-5,10-11,13H,6-7,9,12H2,(H,26,30)(H,24,25,27,28). The van der Waals surface area contributed by atoms with Gasteiger partial charge in [-0.2, -0.15) is 10.2 Å². The van der Waals surface area contributed by atoms with Crippen LogP contribution >= 0.6 is 15.9 Å². The van der Waals surface area contributed by atoms with Crippen molar-refractivity contribution >= 4 is 45.1 Å². The topological polar surface area (TPSA) is 107 Å². The largest absolute Gasteiger partial charge is 0.336 e. The van der Waals surface area contributed by atoms with Crippen LogP contribution in [0.15, 0.2) is 53.3 Å². The monoisotopic (exact) mass is 463 g/mol. The van der Waals surface area contributed by atoms with Gasteiger partial charge in [0.1, 0.15) is 12.7 Å². The zero-order valence-electron chi connectivity index (χ0n) is 16.0. The number of anilines is 4. The summed E-state index contributed by atoms with van der Waals surface area (Å²) >= 11 is 3.53. The third kappa shape index (κ3) is 4.72. The van der Waals surface area contributed by atoms with Crippen LogP contribution in [0.3, 0.4) is 0 Å². The van der Waals surface area contributed by atoms with Crippen LogP contribution in [0.25, 0.3) is 0 Å².